The lowest BCUT2D eigenvalue weighted by atomic mass is 9.96. The summed E-state index contributed by atoms with van der Waals surface area (Å²) in [5, 5.41) is 7.87. The van der Waals surface area contributed by atoms with Crippen LogP contribution in [0.3, 0.4) is 0 Å². The molecule has 174 valence electrons. The quantitative estimate of drug-likeness (QED) is 0.332. The highest BCUT2D eigenvalue weighted by molar-refractivity contribution is 7.99. The topological polar surface area (TPSA) is 71.3 Å². The summed E-state index contributed by atoms with van der Waals surface area (Å²) in [6.07, 6.45) is 2.67. The number of aromatic nitrogens is 2. The van der Waals surface area contributed by atoms with Crippen molar-refractivity contribution in [3.05, 3.63) is 65.0 Å². The minimum absolute atomic E-state index is 0.0818. The standard InChI is InChI=1S/C25H29ClN4O2S/c1-18-3-9-22(10-4-18)33-16-2-13-27-25(31)20-11-14-30(15-12-20)17-23-28-24(29-32-23)19-5-7-21(26)8-6-19/h3-10,20H,2,11-17H2,1H3,(H,27,31). The van der Waals surface area contributed by atoms with Crippen LogP contribution in [0.4, 0.5) is 0 Å². The van der Waals surface area contributed by atoms with Crippen molar-refractivity contribution < 1.29 is 9.32 Å². The molecule has 0 saturated carbocycles. The van der Waals surface area contributed by atoms with Gasteiger partial charge in [-0.1, -0.05) is 34.5 Å². The first-order valence-corrected chi connectivity index (χ1v) is 12.7. The van der Waals surface area contributed by atoms with Crippen molar-refractivity contribution in [3.8, 4) is 11.4 Å². The molecule has 0 aliphatic carbocycles. The summed E-state index contributed by atoms with van der Waals surface area (Å²) < 4.78 is 5.42. The maximum atomic E-state index is 12.5. The molecule has 33 heavy (non-hydrogen) atoms. The van der Waals surface area contributed by atoms with Crippen LogP contribution >= 0.6 is 23.4 Å². The number of rotatable bonds is 9. The van der Waals surface area contributed by atoms with Gasteiger partial charge in [-0.25, -0.2) is 0 Å². The lowest BCUT2D eigenvalue weighted by Crippen LogP contribution is -2.40. The van der Waals surface area contributed by atoms with Crippen molar-refractivity contribution in [2.75, 3.05) is 25.4 Å². The fourth-order valence-corrected chi connectivity index (χ4v) is 4.81. The number of carbonyl (C=O) groups is 1. The number of piperidine rings is 1. The lowest BCUT2D eigenvalue weighted by molar-refractivity contribution is -0.126. The predicted molar refractivity (Wildman–Crippen MR) is 132 cm³/mol. The van der Waals surface area contributed by atoms with E-state index in [1.165, 1.54) is 10.5 Å². The molecule has 0 bridgehead atoms. The van der Waals surface area contributed by atoms with Crippen LogP contribution in [0.5, 0.6) is 0 Å². The maximum absolute atomic E-state index is 12.5. The van der Waals surface area contributed by atoms with Crippen LogP contribution in [0.15, 0.2) is 57.9 Å². The zero-order chi connectivity index (χ0) is 23.0. The van der Waals surface area contributed by atoms with E-state index < -0.39 is 0 Å². The Morgan fingerprint density at radius 1 is 1.15 bits per heavy atom. The van der Waals surface area contributed by atoms with E-state index in [9.17, 15) is 4.79 Å². The highest BCUT2D eigenvalue weighted by atomic mass is 35.5. The summed E-state index contributed by atoms with van der Waals surface area (Å²) in [7, 11) is 0. The van der Waals surface area contributed by atoms with Crippen molar-refractivity contribution in [1.82, 2.24) is 20.4 Å². The SMILES string of the molecule is Cc1ccc(SCCCNC(=O)C2CCN(Cc3nc(-c4ccc(Cl)cc4)no3)CC2)cc1. The molecule has 0 spiro atoms. The third kappa shape index (κ3) is 7.06. The van der Waals surface area contributed by atoms with E-state index in [0.717, 1.165) is 50.2 Å². The van der Waals surface area contributed by atoms with Gasteiger partial charge in [0.05, 0.1) is 6.54 Å². The van der Waals surface area contributed by atoms with E-state index >= 15 is 0 Å². The Morgan fingerprint density at radius 2 is 1.88 bits per heavy atom. The number of likely N-dealkylation sites (tertiary alicyclic amines) is 1. The van der Waals surface area contributed by atoms with Gasteiger partial charge < -0.3 is 9.84 Å². The zero-order valence-electron chi connectivity index (χ0n) is 18.8. The number of hydrogen-bond donors (Lipinski definition) is 1. The van der Waals surface area contributed by atoms with Crippen LogP contribution in [0.1, 0.15) is 30.7 Å². The van der Waals surface area contributed by atoms with Crippen LogP contribution in [-0.4, -0.2) is 46.3 Å². The smallest absolute Gasteiger partial charge is 0.241 e. The zero-order valence-corrected chi connectivity index (χ0v) is 20.4. The summed E-state index contributed by atoms with van der Waals surface area (Å²) >= 11 is 7.77. The van der Waals surface area contributed by atoms with Crippen LogP contribution in [0, 0.1) is 12.8 Å². The Hall–Kier alpha value is -2.35. The molecule has 0 unspecified atom stereocenters. The van der Waals surface area contributed by atoms with Gasteiger partial charge in [0.1, 0.15) is 0 Å². The molecule has 1 saturated heterocycles. The average molecular weight is 485 g/mol. The second-order valence-corrected chi connectivity index (χ2v) is 9.98. The van der Waals surface area contributed by atoms with E-state index in [-0.39, 0.29) is 11.8 Å². The summed E-state index contributed by atoms with van der Waals surface area (Å²) in [6, 6.07) is 15.9. The minimum atomic E-state index is 0.0818. The molecule has 6 nitrogen and oxygen atoms in total. The molecule has 8 heteroatoms. The average Bonchev–Trinajstić information content (AvgIpc) is 3.29. The first-order chi connectivity index (χ1) is 16.1. The van der Waals surface area contributed by atoms with Crippen LogP contribution in [-0.2, 0) is 11.3 Å². The second-order valence-electron chi connectivity index (χ2n) is 8.38. The number of benzene rings is 2. The van der Waals surface area contributed by atoms with Gasteiger partial charge >= 0.3 is 0 Å². The second kappa shape index (κ2) is 11.7. The monoisotopic (exact) mass is 484 g/mol. The molecule has 1 aromatic heterocycles. The molecule has 1 N–H and O–H groups in total. The molecule has 1 aliphatic rings. The van der Waals surface area contributed by atoms with Crippen molar-refractivity contribution in [1.29, 1.82) is 0 Å². The van der Waals surface area contributed by atoms with Gasteiger partial charge in [-0.3, -0.25) is 9.69 Å². The van der Waals surface area contributed by atoms with Gasteiger partial charge in [-0.2, -0.15) is 4.98 Å². The number of halogens is 1. The van der Waals surface area contributed by atoms with E-state index in [1.807, 2.05) is 36.0 Å². The number of nitrogens with one attached hydrogen (secondary N) is 1. The maximum Gasteiger partial charge on any atom is 0.241 e. The van der Waals surface area contributed by atoms with E-state index in [4.69, 9.17) is 16.1 Å². The molecular formula is C25H29ClN4O2S. The van der Waals surface area contributed by atoms with Gasteiger partial charge in [-0.15, -0.1) is 11.8 Å². The normalized spacial score (nSPS) is 15.0. The number of amides is 1. The molecule has 4 rings (SSSR count). The van der Waals surface area contributed by atoms with Crippen molar-refractivity contribution in [2.24, 2.45) is 5.92 Å². The summed E-state index contributed by atoms with van der Waals surface area (Å²) in [6.45, 7) is 5.12. The number of nitrogens with zero attached hydrogens (tertiary/aromatic N) is 3. The Morgan fingerprint density at radius 3 is 2.61 bits per heavy atom. The molecule has 1 amide bonds. The molecule has 3 aromatic rings. The molecule has 2 heterocycles. The Kier molecular flexibility index (Phi) is 8.42. The number of thioether (sulfide) groups is 1. The van der Waals surface area contributed by atoms with Crippen molar-refractivity contribution in [3.63, 3.8) is 0 Å². The minimum Gasteiger partial charge on any atom is -0.356 e. The van der Waals surface area contributed by atoms with Gasteiger partial charge in [-0.05, 0) is 81.4 Å². The number of carbonyl (C=O) groups excluding carboxylic acids is 1. The van der Waals surface area contributed by atoms with Gasteiger partial charge in [0.15, 0.2) is 0 Å². The van der Waals surface area contributed by atoms with Crippen LogP contribution < -0.4 is 5.32 Å². The summed E-state index contributed by atoms with van der Waals surface area (Å²) in [5.74, 6) is 2.42. The van der Waals surface area contributed by atoms with Gasteiger partial charge in [0, 0.05) is 27.9 Å². The summed E-state index contributed by atoms with van der Waals surface area (Å²) in [5.41, 5.74) is 2.15. The molecule has 0 atom stereocenters. The van der Waals surface area contributed by atoms with E-state index in [1.54, 1.807) is 0 Å². The molecule has 2 aromatic carbocycles. The molecule has 1 aliphatic heterocycles. The number of aryl methyl sites for hydroxylation is 1. The molecular weight excluding hydrogens is 456 g/mol. The Bertz CT molecular complexity index is 1030. The van der Waals surface area contributed by atoms with Gasteiger partial charge in [0.25, 0.3) is 0 Å². The van der Waals surface area contributed by atoms with E-state index in [2.05, 4.69) is 51.5 Å². The molecule has 1 fully saturated rings. The van der Waals surface area contributed by atoms with Crippen molar-refractivity contribution >= 4 is 29.3 Å². The van der Waals surface area contributed by atoms with Crippen LogP contribution in [0.25, 0.3) is 11.4 Å². The number of hydrogen-bond acceptors (Lipinski definition) is 6. The van der Waals surface area contributed by atoms with Crippen LogP contribution in [0.2, 0.25) is 5.02 Å². The first kappa shape index (κ1) is 23.8. The van der Waals surface area contributed by atoms with Gasteiger partial charge in [0.2, 0.25) is 17.6 Å². The predicted octanol–water partition coefficient (Wildman–Crippen LogP) is 5.21. The van der Waals surface area contributed by atoms with E-state index in [0.29, 0.717) is 23.3 Å². The third-order valence-corrected chi connectivity index (χ3v) is 7.15. The highest BCUT2D eigenvalue weighted by Crippen LogP contribution is 2.22. The largest absolute Gasteiger partial charge is 0.356 e. The summed E-state index contributed by atoms with van der Waals surface area (Å²) in [4.78, 5) is 20.6. The first-order valence-electron chi connectivity index (χ1n) is 11.3. The Balaban J connectivity index is 1.13. The fourth-order valence-electron chi connectivity index (χ4n) is 3.83. The lowest BCUT2D eigenvalue weighted by Gasteiger charge is -2.30. The molecule has 0 radical (unpaired) electrons. The fraction of sp³-hybridized carbons (Fsp3) is 0.400. The van der Waals surface area contributed by atoms with Crippen molar-refractivity contribution in [2.45, 2.75) is 37.6 Å². The third-order valence-electron chi connectivity index (χ3n) is 5.80. The Labute approximate surface area is 204 Å². The highest BCUT2D eigenvalue weighted by Gasteiger charge is 2.25.